The summed E-state index contributed by atoms with van der Waals surface area (Å²) in [5.41, 5.74) is 49.4. The second kappa shape index (κ2) is 34.4. The van der Waals surface area contributed by atoms with Gasteiger partial charge in [-0.3, -0.25) is 0 Å². The van der Waals surface area contributed by atoms with Crippen molar-refractivity contribution in [2.45, 2.75) is 324 Å². The Balaban J connectivity index is 0.759. The molecular weight excluding hydrogens is 1760 g/mol. The lowest BCUT2D eigenvalue weighted by Crippen LogP contribution is -2.62. The fourth-order valence-electron chi connectivity index (χ4n) is 25.5. The number of hydrogen-bond donors (Lipinski definition) is 0. The summed E-state index contributed by atoms with van der Waals surface area (Å²) in [6.45, 7) is 77.5. The molecular formula is C140H156B2N4. The maximum absolute atomic E-state index is 2.79. The van der Waals surface area contributed by atoms with Crippen LogP contribution >= 0.6 is 0 Å². The molecule has 0 saturated heterocycles. The van der Waals surface area contributed by atoms with Crippen molar-refractivity contribution in [2.24, 2.45) is 0 Å². The van der Waals surface area contributed by atoms with Crippen LogP contribution < -0.4 is 52.4 Å². The summed E-state index contributed by atoms with van der Waals surface area (Å²) in [5, 5.41) is 0. The van der Waals surface area contributed by atoms with Crippen LogP contribution in [-0.2, 0) is 76.8 Å². The second-order valence-electron chi connectivity index (χ2n) is 55.0. The summed E-state index contributed by atoms with van der Waals surface area (Å²) in [6.07, 6.45) is 5.23. The highest BCUT2D eigenvalue weighted by Crippen LogP contribution is 2.59. The van der Waals surface area contributed by atoms with Crippen molar-refractivity contribution in [1.82, 2.24) is 0 Å². The van der Waals surface area contributed by atoms with E-state index in [9.17, 15) is 0 Å². The van der Waals surface area contributed by atoms with Gasteiger partial charge in [-0.15, -0.1) is 0 Å². The van der Waals surface area contributed by atoms with Crippen LogP contribution in [0.25, 0.3) is 33.4 Å². The molecule has 0 N–H and O–H groups in total. The van der Waals surface area contributed by atoms with Crippen LogP contribution in [0.2, 0.25) is 0 Å². The maximum Gasteiger partial charge on any atom is 0.252 e. The third kappa shape index (κ3) is 17.0. The molecule has 0 bridgehead atoms. The minimum Gasteiger partial charge on any atom is -0.311 e. The molecule has 0 radical (unpaired) electrons. The van der Waals surface area contributed by atoms with Crippen molar-refractivity contribution in [1.29, 1.82) is 0 Å². The maximum atomic E-state index is 2.79. The molecule has 6 aliphatic rings. The molecule has 0 fully saturated rings. The summed E-state index contributed by atoms with van der Waals surface area (Å²) in [4.78, 5) is 10.9. The fraction of sp³-hybridized carbons (Fsp3) is 0.357. The van der Waals surface area contributed by atoms with Gasteiger partial charge in [0.05, 0.1) is 11.4 Å². The predicted octanol–water partition coefficient (Wildman–Crippen LogP) is 34.5. The van der Waals surface area contributed by atoms with Gasteiger partial charge in [0.2, 0.25) is 0 Å². The van der Waals surface area contributed by atoms with Gasteiger partial charge in [0.1, 0.15) is 0 Å². The van der Waals surface area contributed by atoms with Crippen molar-refractivity contribution >= 4 is 114 Å². The number of anilines is 12. The Labute approximate surface area is 877 Å². The number of hydrogen-bond acceptors (Lipinski definition) is 4. The largest absolute Gasteiger partial charge is 0.311 e. The molecule has 0 amide bonds. The van der Waals surface area contributed by atoms with E-state index in [1.165, 1.54) is 212 Å². The summed E-state index contributed by atoms with van der Waals surface area (Å²) in [7, 11) is 0. The number of fused-ring (bicyclic) bond motifs is 10. The molecule has 15 aromatic rings. The number of rotatable bonds is 14. The van der Waals surface area contributed by atoms with Crippen molar-refractivity contribution in [2.75, 3.05) is 19.6 Å². The van der Waals surface area contributed by atoms with Gasteiger partial charge in [0, 0.05) is 78.8 Å². The lowest BCUT2D eigenvalue weighted by molar-refractivity contribution is 0.332. The van der Waals surface area contributed by atoms with Crippen LogP contribution in [0.3, 0.4) is 0 Å². The second-order valence-corrected chi connectivity index (χ2v) is 55.0. The van der Waals surface area contributed by atoms with E-state index in [0.717, 1.165) is 43.5 Å². The minimum atomic E-state index is -0.456. The van der Waals surface area contributed by atoms with Crippen molar-refractivity contribution in [3.8, 4) is 33.4 Å². The topological polar surface area (TPSA) is 13.0 Å². The van der Waals surface area contributed by atoms with E-state index in [4.69, 9.17) is 0 Å². The van der Waals surface area contributed by atoms with Gasteiger partial charge in [-0.05, 0) is 333 Å². The molecule has 21 rings (SSSR count). The molecule has 0 spiro atoms. The summed E-state index contributed by atoms with van der Waals surface area (Å²) in [6, 6.07) is 122. The predicted molar refractivity (Wildman–Crippen MR) is 634 cm³/mol. The zero-order chi connectivity index (χ0) is 104. The molecule has 4 heterocycles. The van der Waals surface area contributed by atoms with Gasteiger partial charge in [-0.25, -0.2) is 0 Å². The molecule has 4 nitrogen and oxygen atoms in total. The van der Waals surface area contributed by atoms with E-state index in [2.05, 4.69) is 544 Å². The summed E-state index contributed by atoms with van der Waals surface area (Å²) >= 11 is 0. The molecule has 146 heavy (non-hydrogen) atoms. The van der Waals surface area contributed by atoms with Crippen LogP contribution in [0.1, 0.15) is 336 Å². The molecule has 2 aliphatic carbocycles. The Morgan fingerprint density at radius 1 is 0.219 bits per heavy atom. The van der Waals surface area contributed by atoms with Gasteiger partial charge in [0.15, 0.2) is 0 Å². The highest BCUT2D eigenvalue weighted by atomic mass is 15.2. The van der Waals surface area contributed by atoms with Crippen LogP contribution in [0.4, 0.5) is 68.2 Å². The Morgan fingerprint density at radius 2 is 0.548 bits per heavy atom. The zero-order valence-corrected chi connectivity index (χ0v) is 93.8. The van der Waals surface area contributed by atoms with E-state index >= 15 is 0 Å². The van der Waals surface area contributed by atoms with Crippen molar-refractivity contribution in [3.05, 3.63) is 392 Å². The van der Waals surface area contributed by atoms with Crippen LogP contribution in [0.15, 0.2) is 303 Å². The third-order valence-corrected chi connectivity index (χ3v) is 35.5. The fourth-order valence-corrected chi connectivity index (χ4v) is 25.5. The summed E-state index contributed by atoms with van der Waals surface area (Å²) in [5.74, 6) is 0. The molecule has 15 aromatic carbocycles. The van der Waals surface area contributed by atoms with Crippen molar-refractivity contribution in [3.63, 3.8) is 0 Å². The number of benzene rings is 15. The highest BCUT2D eigenvalue weighted by molar-refractivity contribution is 7.01. The third-order valence-electron chi connectivity index (χ3n) is 35.5. The average Bonchev–Trinajstić information content (AvgIpc) is 0.685. The average molecular weight is 1920 g/mol. The van der Waals surface area contributed by atoms with Crippen LogP contribution in [-0.4, -0.2) is 13.4 Å². The van der Waals surface area contributed by atoms with E-state index in [1.807, 2.05) is 0 Å². The Kier molecular flexibility index (Phi) is 23.4. The monoisotopic (exact) mass is 1920 g/mol. The van der Waals surface area contributed by atoms with Gasteiger partial charge in [-0.2, -0.15) is 0 Å². The Hall–Kier alpha value is -12.4. The van der Waals surface area contributed by atoms with Gasteiger partial charge in [0.25, 0.3) is 13.4 Å². The first kappa shape index (κ1) is 99.6. The molecule has 0 unspecified atom stereocenters. The highest BCUT2D eigenvalue weighted by Gasteiger charge is 2.52. The molecule has 0 saturated carbocycles. The van der Waals surface area contributed by atoms with E-state index in [-0.39, 0.29) is 73.0 Å². The summed E-state index contributed by atoms with van der Waals surface area (Å²) < 4.78 is 0. The molecule has 742 valence electrons. The lowest BCUT2D eigenvalue weighted by Gasteiger charge is -2.48. The zero-order valence-electron chi connectivity index (χ0n) is 93.8. The van der Waals surface area contributed by atoms with E-state index in [0.29, 0.717) is 0 Å². The number of nitrogens with zero attached hydrogens (tertiary/aromatic N) is 4. The van der Waals surface area contributed by atoms with Crippen LogP contribution in [0, 0.1) is 0 Å². The SMILES string of the molecule is CC(C)(C)c1ccc(N2c3ccc(C(C)(C)c4ccc(CC(C)(C)c5cc6c7c(c5)N(c5ccc(C(C)(C)C)cc5-c5cccc(C(C)(C)C)c5)c5cc8c(cc5B7c5cc(C(C)(C)c7ccccc7)ccc5N6c5ccc(C(C)(C)C)cc5)C(C)(C)CCC8(C)C)cc4)cc3B3c4cc5c(cc4N(c4cc(-c6ccccc6)c(C(C)(C)C)cc4-c4ccccc4)c4cc(C(C)(C)C)cc2c43)C(C)(C)CCC5(C)C)cc1. The Morgan fingerprint density at radius 3 is 0.973 bits per heavy atom. The van der Waals surface area contributed by atoms with Gasteiger partial charge < -0.3 is 19.6 Å². The lowest BCUT2D eigenvalue weighted by atomic mass is 9.32. The smallest absolute Gasteiger partial charge is 0.252 e. The Bertz CT molecular complexity index is 7680. The first-order valence-corrected chi connectivity index (χ1v) is 54.5. The van der Waals surface area contributed by atoms with Crippen LogP contribution in [0.5, 0.6) is 0 Å². The van der Waals surface area contributed by atoms with Crippen molar-refractivity contribution < 1.29 is 0 Å². The quantitative estimate of drug-likeness (QED) is 0.101. The molecule has 0 atom stereocenters. The first-order valence-electron chi connectivity index (χ1n) is 54.5. The standard InChI is InChI=1S/C140H156B2N4/c1-128(2,3)92-55-62-102(63-56-92)143-117-68-61-99(76-113(117)142-115-84-109-111(137(25,26)72-70-135(109,21)22)86-121(115)146(124-78-100(132(13,14)15)77-122(143)126(124)142)119-82-104(89-43-36-33-37-44-89)107(133(16,17)18)81-106(119)90-45-38-34-39-46-90)140(31,32)95-53-51-88(52-54-95)87-138(27,28)101-79-123-127-125(80-101)145(116-66-59-97(131(10,11)12)74-105(116)91-47-42-50-96(73-91)130(7,8)9)120-85-110-108(134(19,20)69-71-136(110,23)24)83-114(120)141(127)112-75-98(139(29,30)94-48-40-35-41-49-94)60-67-118(112)144(123)103-64-57-93(58-65-103)129(4,5)6/h33-68,73-86H,69-72,87H2,1-32H3. The molecule has 4 aliphatic heterocycles. The van der Waals surface area contributed by atoms with Gasteiger partial charge in [-0.1, -0.05) is 428 Å². The normalized spacial score (nSPS) is 16.1. The molecule has 0 aromatic heterocycles. The van der Waals surface area contributed by atoms with E-state index in [1.54, 1.807) is 0 Å². The first-order chi connectivity index (χ1) is 68.4. The molecule has 6 heteroatoms. The van der Waals surface area contributed by atoms with Gasteiger partial charge >= 0.3 is 0 Å². The van der Waals surface area contributed by atoms with E-state index < -0.39 is 10.8 Å². The minimum absolute atomic E-state index is 0.0449.